The van der Waals surface area contributed by atoms with Gasteiger partial charge in [0, 0.05) is 5.92 Å². The van der Waals surface area contributed by atoms with Crippen LogP contribution in [0.2, 0.25) is 0 Å². The standard InChI is InChI=1S/C19H25NO3/c1-5-9-16(12-13(2)3)18(21)20-14(4)17(23-19(20)22)15-10-7-6-8-11-15/h5-8,10-11,13-14,16-17H,1,9,12H2,2-4H3/t14-,16-,17-/m1/s1. The van der Waals surface area contributed by atoms with E-state index in [2.05, 4.69) is 20.4 Å². The lowest BCUT2D eigenvalue weighted by atomic mass is 9.92. The average Bonchev–Trinajstić information content (AvgIpc) is 2.81. The second-order valence-electron chi connectivity index (χ2n) is 6.51. The number of hydrogen-bond acceptors (Lipinski definition) is 3. The Hall–Kier alpha value is -2.10. The van der Waals surface area contributed by atoms with Gasteiger partial charge in [0.25, 0.3) is 0 Å². The molecule has 1 aliphatic rings. The summed E-state index contributed by atoms with van der Waals surface area (Å²) in [5.41, 5.74) is 0.910. The molecule has 23 heavy (non-hydrogen) atoms. The maximum atomic E-state index is 12.8. The van der Waals surface area contributed by atoms with Crippen molar-refractivity contribution in [2.24, 2.45) is 11.8 Å². The molecule has 124 valence electrons. The molecule has 1 aromatic carbocycles. The molecule has 1 heterocycles. The van der Waals surface area contributed by atoms with E-state index in [0.29, 0.717) is 12.3 Å². The lowest BCUT2D eigenvalue weighted by Crippen LogP contribution is -2.42. The summed E-state index contributed by atoms with van der Waals surface area (Å²) in [5, 5.41) is 0. The number of ether oxygens (including phenoxy) is 1. The summed E-state index contributed by atoms with van der Waals surface area (Å²) in [6.07, 6.45) is 2.09. The third kappa shape index (κ3) is 3.81. The van der Waals surface area contributed by atoms with E-state index in [9.17, 15) is 9.59 Å². The number of rotatable bonds is 6. The van der Waals surface area contributed by atoms with Gasteiger partial charge in [-0.2, -0.15) is 0 Å². The second-order valence-corrected chi connectivity index (χ2v) is 6.51. The van der Waals surface area contributed by atoms with Crippen LogP contribution in [0.15, 0.2) is 43.0 Å². The van der Waals surface area contributed by atoms with Crippen molar-refractivity contribution in [1.29, 1.82) is 0 Å². The third-order valence-electron chi connectivity index (χ3n) is 4.19. The van der Waals surface area contributed by atoms with Gasteiger partial charge in [-0.3, -0.25) is 4.79 Å². The lowest BCUT2D eigenvalue weighted by Gasteiger charge is -2.24. The van der Waals surface area contributed by atoms with Crippen LogP contribution in [-0.2, 0) is 9.53 Å². The van der Waals surface area contributed by atoms with Gasteiger partial charge >= 0.3 is 6.09 Å². The van der Waals surface area contributed by atoms with Crippen LogP contribution in [0.1, 0.15) is 45.3 Å². The zero-order valence-electron chi connectivity index (χ0n) is 14.1. The summed E-state index contributed by atoms with van der Waals surface area (Å²) < 4.78 is 5.47. The summed E-state index contributed by atoms with van der Waals surface area (Å²) >= 11 is 0. The molecule has 0 aliphatic carbocycles. The van der Waals surface area contributed by atoms with Gasteiger partial charge in [0.1, 0.15) is 6.10 Å². The molecule has 1 aromatic rings. The Morgan fingerprint density at radius 2 is 2.00 bits per heavy atom. The van der Waals surface area contributed by atoms with Crippen molar-refractivity contribution in [1.82, 2.24) is 4.90 Å². The Bertz CT molecular complexity index is 567. The fourth-order valence-corrected chi connectivity index (χ4v) is 3.11. The largest absolute Gasteiger partial charge is 0.439 e. The molecule has 2 rings (SSSR count). The van der Waals surface area contributed by atoms with Crippen LogP contribution in [-0.4, -0.2) is 22.9 Å². The number of cyclic esters (lactones) is 1. The number of carbonyl (C=O) groups excluding carboxylic acids is 2. The Kier molecular flexibility index (Phi) is 5.59. The van der Waals surface area contributed by atoms with Crippen molar-refractivity contribution < 1.29 is 14.3 Å². The highest BCUT2D eigenvalue weighted by molar-refractivity contribution is 5.95. The first-order chi connectivity index (χ1) is 11.0. The van der Waals surface area contributed by atoms with Gasteiger partial charge in [-0.1, -0.05) is 50.3 Å². The van der Waals surface area contributed by atoms with E-state index in [1.807, 2.05) is 37.3 Å². The van der Waals surface area contributed by atoms with E-state index in [0.717, 1.165) is 12.0 Å². The number of amides is 2. The van der Waals surface area contributed by atoms with Crippen LogP contribution in [0, 0.1) is 11.8 Å². The molecule has 2 amide bonds. The predicted molar refractivity (Wildman–Crippen MR) is 89.7 cm³/mol. The smallest absolute Gasteiger partial charge is 0.417 e. The zero-order valence-corrected chi connectivity index (χ0v) is 14.1. The van der Waals surface area contributed by atoms with Crippen LogP contribution in [0.4, 0.5) is 4.79 Å². The summed E-state index contributed by atoms with van der Waals surface area (Å²) in [7, 11) is 0. The molecule has 1 fully saturated rings. The van der Waals surface area contributed by atoms with Crippen LogP contribution in [0.5, 0.6) is 0 Å². The fraction of sp³-hybridized carbons (Fsp3) is 0.474. The lowest BCUT2D eigenvalue weighted by molar-refractivity contribution is -0.133. The molecule has 4 heteroatoms. The van der Waals surface area contributed by atoms with E-state index in [1.54, 1.807) is 6.08 Å². The van der Waals surface area contributed by atoms with Crippen molar-refractivity contribution in [2.45, 2.75) is 45.8 Å². The highest BCUT2D eigenvalue weighted by atomic mass is 16.6. The average molecular weight is 315 g/mol. The van der Waals surface area contributed by atoms with Gasteiger partial charge in [0.15, 0.2) is 0 Å². The minimum atomic E-state index is -0.547. The molecular formula is C19H25NO3. The normalized spacial score (nSPS) is 22.1. The number of nitrogens with zero attached hydrogens (tertiary/aromatic N) is 1. The molecule has 3 atom stereocenters. The van der Waals surface area contributed by atoms with Gasteiger partial charge in [0.2, 0.25) is 5.91 Å². The van der Waals surface area contributed by atoms with Crippen molar-refractivity contribution in [2.75, 3.05) is 0 Å². The van der Waals surface area contributed by atoms with E-state index in [1.165, 1.54) is 4.90 Å². The van der Waals surface area contributed by atoms with Gasteiger partial charge in [-0.05, 0) is 31.2 Å². The van der Waals surface area contributed by atoms with E-state index in [4.69, 9.17) is 4.74 Å². The van der Waals surface area contributed by atoms with Crippen molar-refractivity contribution in [3.63, 3.8) is 0 Å². The molecule has 0 unspecified atom stereocenters. The summed E-state index contributed by atoms with van der Waals surface area (Å²) in [5.74, 6) is -0.00527. The molecule has 0 saturated carbocycles. The van der Waals surface area contributed by atoms with E-state index in [-0.39, 0.29) is 17.9 Å². The predicted octanol–water partition coefficient (Wildman–Crippen LogP) is 4.33. The van der Waals surface area contributed by atoms with Crippen molar-refractivity contribution in [3.05, 3.63) is 48.6 Å². The summed E-state index contributed by atoms with van der Waals surface area (Å²) in [4.78, 5) is 26.4. The van der Waals surface area contributed by atoms with Crippen LogP contribution < -0.4 is 0 Å². The number of carbonyl (C=O) groups is 2. The van der Waals surface area contributed by atoms with Gasteiger partial charge < -0.3 is 4.74 Å². The van der Waals surface area contributed by atoms with Crippen LogP contribution in [0.3, 0.4) is 0 Å². The highest BCUT2D eigenvalue weighted by Crippen LogP contribution is 2.34. The first-order valence-electron chi connectivity index (χ1n) is 8.15. The highest BCUT2D eigenvalue weighted by Gasteiger charge is 2.44. The summed E-state index contributed by atoms with van der Waals surface area (Å²) in [6, 6.07) is 9.24. The SMILES string of the molecule is C=CC[C@H](CC(C)C)C(=O)N1C(=O)O[C@@H](c2ccccc2)[C@H]1C. The minimum Gasteiger partial charge on any atom is -0.439 e. The second kappa shape index (κ2) is 7.44. The van der Waals surface area contributed by atoms with Crippen LogP contribution in [0.25, 0.3) is 0 Å². The quantitative estimate of drug-likeness (QED) is 0.734. The Balaban J connectivity index is 2.19. The molecule has 1 aliphatic heterocycles. The molecule has 4 nitrogen and oxygen atoms in total. The topological polar surface area (TPSA) is 46.6 Å². The van der Waals surface area contributed by atoms with Crippen LogP contribution >= 0.6 is 0 Å². The Labute approximate surface area is 138 Å². The molecule has 0 radical (unpaired) electrons. The molecule has 0 bridgehead atoms. The number of imide groups is 1. The first kappa shape index (κ1) is 17.3. The monoisotopic (exact) mass is 315 g/mol. The first-order valence-corrected chi connectivity index (χ1v) is 8.15. The third-order valence-corrected chi connectivity index (χ3v) is 4.19. The molecule has 0 spiro atoms. The number of hydrogen-bond donors (Lipinski definition) is 0. The maximum absolute atomic E-state index is 12.8. The minimum absolute atomic E-state index is 0.158. The number of allylic oxidation sites excluding steroid dienone is 1. The molecule has 1 saturated heterocycles. The Morgan fingerprint density at radius 1 is 1.35 bits per heavy atom. The van der Waals surface area contributed by atoms with Crippen molar-refractivity contribution in [3.8, 4) is 0 Å². The molecule has 0 N–H and O–H groups in total. The van der Waals surface area contributed by atoms with Crippen molar-refractivity contribution >= 4 is 12.0 Å². The number of benzene rings is 1. The van der Waals surface area contributed by atoms with Gasteiger partial charge in [0.05, 0.1) is 6.04 Å². The van der Waals surface area contributed by atoms with E-state index >= 15 is 0 Å². The van der Waals surface area contributed by atoms with E-state index < -0.39 is 12.2 Å². The van der Waals surface area contributed by atoms with Gasteiger partial charge in [-0.15, -0.1) is 6.58 Å². The zero-order chi connectivity index (χ0) is 17.0. The maximum Gasteiger partial charge on any atom is 0.417 e. The van der Waals surface area contributed by atoms with Gasteiger partial charge in [-0.25, -0.2) is 9.69 Å². The fourth-order valence-electron chi connectivity index (χ4n) is 3.11. The Morgan fingerprint density at radius 3 is 2.57 bits per heavy atom. The summed E-state index contributed by atoms with van der Waals surface area (Å²) in [6.45, 7) is 9.73. The molecular weight excluding hydrogens is 290 g/mol. The molecule has 0 aromatic heterocycles.